The summed E-state index contributed by atoms with van der Waals surface area (Å²) in [4.78, 5) is 24.1. The quantitative estimate of drug-likeness (QED) is 0.663. The summed E-state index contributed by atoms with van der Waals surface area (Å²) in [7, 11) is -3.56. The first kappa shape index (κ1) is 21.6. The molecule has 1 aromatic heterocycles. The minimum Gasteiger partial charge on any atom is -0.452 e. The van der Waals surface area contributed by atoms with E-state index in [1.54, 1.807) is 27.7 Å². The average molecular weight is 409 g/mol. The number of carbonyl (C=O) groups excluding carboxylic acids is 2. The molecule has 0 spiro atoms. The highest BCUT2D eigenvalue weighted by Gasteiger charge is 2.22. The van der Waals surface area contributed by atoms with Crippen molar-refractivity contribution in [1.82, 2.24) is 9.46 Å². The second-order valence-electron chi connectivity index (χ2n) is 5.94. The van der Waals surface area contributed by atoms with Crippen LogP contribution in [0.15, 0.2) is 33.7 Å². The molecule has 1 aromatic carbocycles. The molecular formula is C18H23N3O6S. The topological polar surface area (TPSA) is 119 Å². The zero-order chi connectivity index (χ0) is 20.9. The van der Waals surface area contributed by atoms with Crippen molar-refractivity contribution in [3.63, 3.8) is 0 Å². The molecule has 2 aromatic rings. The maximum absolute atomic E-state index is 12.4. The SMILES string of the molecule is CCN(CC)S(=O)(=O)c1ccc(NC(=O)COC(=O)c2c(C)noc2C)cc1. The van der Waals surface area contributed by atoms with E-state index in [1.807, 2.05) is 0 Å². The maximum atomic E-state index is 12.4. The first-order valence-corrected chi connectivity index (χ1v) is 10.1. The number of aromatic nitrogens is 1. The van der Waals surface area contributed by atoms with Crippen LogP contribution < -0.4 is 5.32 Å². The number of amides is 1. The number of hydrogen-bond acceptors (Lipinski definition) is 7. The van der Waals surface area contributed by atoms with E-state index < -0.39 is 28.5 Å². The molecule has 0 atom stereocenters. The molecule has 0 aliphatic rings. The van der Waals surface area contributed by atoms with Crippen molar-refractivity contribution in [3.8, 4) is 0 Å². The van der Waals surface area contributed by atoms with E-state index in [9.17, 15) is 18.0 Å². The van der Waals surface area contributed by atoms with Crippen molar-refractivity contribution in [2.75, 3.05) is 25.0 Å². The molecule has 0 aliphatic heterocycles. The summed E-state index contributed by atoms with van der Waals surface area (Å²) in [6.45, 7) is 6.94. The van der Waals surface area contributed by atoms with Gasteiger partial charge >= 0.3 is 5.97 Å². The molecule has 0 fully saturated rings. The Morgan fingerprint density at radius 2 is 1.75 bits per heavy atom. The van der Waals surface area contributed by atoms with E-state index >= 15 is 0 Å². The fraction of sp³-hybridized carbons (Fsp3) is 0.389. The number of hydrogen-bond donors (Lipinski definition) is 1. The van der Waals surface area contributed by atoms with Gasteiger partial charge in [-0.1, -0.05) is 19.0 Å². The molecule has 10 heteroatoms. The van der Waals surface area contributed by atoms with Gasteiger partial charge in [0.15, 0.2) is 6.61 Å². The standard InChI is InChI=1S/C18H23N3O6S/c1-5-21(6-2)28(24,25)15-9-7-14(8-10-15)19-16(22)11-26-18(23)17-12(3)20-27-13(17)4/h7-10H,5-6,11H2,1-4H3,(H,19,22). The van der Waals surface area contributed by atoms with E-state index in [0.717, 1.165) is 0 Å². The predicted molar refractivity (Wildman–Crippen MR) is 101 cm³/mol. The van der Waals surface area contributed by atoms with E-state index in [-0.39, 0.29) is 10.5 Å². The van der Waals surface area contributed by atoms with Gasteiger partial charge in [0.2, 0.25) is 10.0 Å². The Morgan fingerprint density at radius 3 is 2.25 bits per heavy atom. The molecule has 0 bridgehead atoms. The van der Waals surface area contributed by atoms with Gasteiger partial charge in [-0.15, -0.1) is 0 Å². The fourth-order valence-electron chi connectivity index (χ4n) is 2.60. The van der Waals surface area contributed by atoms with Crippen LogP contribution in [0.3, 0.4) is 0 Å². The largest absolute Gasteiger partial charge is 0.452 e. The highest BCUT2D eigenvalue weighted by molar-refractivity contribution is 7.89. The molecule has 0 unspecified atom stereocenters. The van der Waals surface area contributed by atoms with E-state index in [2.05, 4.69) is 10.5 Å². The Morgan fingerprint density at radius 1 is 1.14 bits per heavy atom. The second kappa shape index (κ2) is 8.98. The minimum absolute atomic E-state index is 0.138. The summed E-state index contributed by atoms with van der Waals surface area (Å²) in [5.74, 6) is -0.945. The number of benzene rings is 1. The van der Waals surface area contributed by atoms with Gasteiger partial charge in [0, 0.05) is 18.8 Å². The summed E-state index contributed by atoms with van der Waals surface area (Å²) < 4.78 is 36.1. The summed E-state index contributed by atoms with van der Waals surface area (Å²) in [5, 5.41) is 6.20. The molecule has 2 rings (SSSR count). The Bertz CT molecular complexity index is 927. The third kappa shape index (κ3) is 4.76. The number of aryl methyl sites for hydroxylation is 2. The number of sulfonamides is 1. The van der Waals surface area contributed by atoms with Crippen molar-refractivity contribution < 1.29 is 27.3 Å². The Balaban J connectivity index is 1.97. The van der Waals surface area contributed by atoms with Gasteiger partial charge in [-0.25, -0.2) is 13.2 Å². The van der Waals surface area contributed by atoms with Crippen LogP contribution in [-0.2, 0) is 19.6 Å². The number of carbonyl (C=O) groups is 2. The second-order valence-corrected chi connectivity index (χ2v) is 7.88. The number of nitrogens with one attached hydrogen (secondary N) is 1. The van der Waals surface area contributed by atoms with E-state index in [0.29, 0.717) is 30.2 Å². The molecule has 9 nitrogen and oxygen atoms in total. The Hall–Kier alpha value is -2.72. The summed E-state index contributed by atoms with van der Waals surface area (Å²) in [5.41, 5.74) is 0.962. The number of rotatable bonds is 8. The van der Waals surface area contributed by atoms with Gasteiger partial charge in [0.25, 0.3) is 5.91 Å². The molecular weight excluding hydrogens is 386 g/mol. The minimum atomic E-state index is -3.56. The molecule has 152 valence electrons. The van der Waals surface area contributed by atoms with Gasteiger partial charge < -0.3 is 14.6 Å². The van der Waals surface area contributed by atoms with E-state index in [4.69, 9.17) is 9.26 Å². The molecule has 1 amide bonds. The lowest BCUT2D eigenvalue weighted by molar-refractivity contribution is -0.119. The lowest BCUT2D eigenvalue weighted by Gasteiger charge is -2.18. The average Bonchev–Trinajstić information content (AvgIpc) is 2.99. The van der Waals surface area contributed by atoms with Crippen molar-refractivity contribution >= 4 is 27.6 Å². The van der Waals surface area contributed by atoms with Crippen LogP contribution in [0.2, 0.25) is 0 Å². The van der Waals surface area contributed by atoms with Crippen LogP contribution in [0, 0.1) is 13.8 Å². The van der Waals surface area contributed by atoms with Gasteiger partial charge in [-0.2, -0.15) is 4.31 Å². The van der Waals surface area contributed by atoms with Gasteiger partial charge in [0.05, 0.1) is 10.6 Å². The van der Waals surface area contributed by atoms with Gasteiger partial charge in [0.1, 0.15) is 11.3 Å². The molecule has 0 saturated carbocycles. The Labute approximate surface area is 163 Å². The van der Waals surface area contributed by atoms with Crippen LogP contribution in [0.5, 0.6) is 0 Å². The van der Waals surface area contributed by atoms with Gasteiger partial charge in [-0.05, 0) is 38.1 Å². The van der Waals surface area contributed by atoms with Crippen LogP contribution in [0.4, 0.5) is 5.69 Å². The van der Waals surface area contributed by atoms with Crippen LogP contribution in [-0.4, -0.2) is 49.5 Å². The molecule has 1 N–H and O–H groups in total. The molecule has 0 saturated heterocycles. The lowest BCUT2D eigenvalue weighted by atomic mass is 10.2. The fourth-order valence-corrected chi connectivity index (χ4v) is 4.06. The molecule has 28 heavy (non-hydrogen) atoms. The highest BCUT2D eigenvalue weighted by Crippen LogP contribution is 2.18. The van der Waals surface area contributed by atoms with Crippen molar-refractivity contribution in [2.24, 2.45) is 0 Å². The first-order valence-electron chi connectivity index (χ1n) is 8.70. The number of ether oxygens (including phenoxy) is 1. The van der Waals surface area contributed by atoms with Crippen LogP contribution >= 0.6 is 0 Å². The maximum Gasteiger partial charge on any atom is 0.344 e. The molecule has 0 aliphatic carbocycles. The summed E-state index contributed by atoms with van der Waals surface area (Å²) in [6.07, 6.45) is 0. The third-order valence-corrected chi connectivity index (χ3v) is 6.12. The summed E-state index contributed by atoms with van der Waals surface area (Å²) in [6, 6.07) is 5.78. The number of esters is 1. The molecule has 0 radical (unpaired) electrons. The Kier molecular flexibility index (Phi) is 6.92. The smallest absolute Gasteiger partial charge is 0.344 e. The third-order valence-electron chi connectivity index (χ3n) is 4.05. The number of anilines is 1. The van der Waals surface area contributed by atoms with Crippen molar-refractivity contribution in [1.29, 1.82) is 0 Å². The normalized spacial score (nSPS) is 11.5. The first-order chi connectivity index (χ1) is 13.2. The highest BCUT2D eigenvalue weighted by atomic mass is 32.2. The monoisotopic (exact) mass is 409 g/mol. The van der Waals surface area contributed by atoms with Crippen LogP contribution in [0.1, 0.15) is 35.7 Å². The summed E-state index contributed by atoms with van der Waals surface area (Å²) >= 11 is 0. The van der Waals surface area contributed by atoms with Crippen molar-refractivity contribution in [3.05, 3.63) is 41.3 Å². The molecule has 1 heterocycles. The number of nitrogens with zero attached hydrogens (tertiary/aromatic N) is 2. The zero-order valence-electron chi connectivity index (χ0n) is 16.2. The van der Waals surface area contributed by atoms with Crippen LogP contribution in [0.25, 0.3) is 0 Å². The zero-order valence-corrected chi connectivity index (χ0v) is 17.0. The van der Waals surface area contributed by atoms with E-state index in [1.165, 1.54) is 28.6 Å². The van der Waals surface area contributed by atoms with Gasteiger partial charge in [-0.3, -0.25) is 4.79 Å². The predicted octanol–water partition coefficient (Wildman–Crippen LogP) is 2.12. The lowest BCUT2D eigenvalue weighted by Crippen LogP contribution is -2.30. The van der Waals surface area contributed by atoms with Crippen molar-refractivity contribution in [2.45, 2.75) is 32.6 Å².